The van der Waals surface area contributed by atoms with Crippen LogP contribution in [0.2, 0.25) is 5.02 Å². The molecule has 4 heteroatoms. The summed E-state index contributed by atoms with van der Waals surface area (Å²) in [5.41, 5.74) is 2.32. The van der Waals surface area contributed by atoms with Gasteiger partial charge in [0.1, 0.15) is 0 Å². The number of hydrogen-bond acceptors (Lipinski definition) is 2. The maximum atomic E-state index is 5.95. The zero-order valence-corrected chi connectivity index (χ0v) is 14.1. The Morgan fingerprint density at radius 1 is 1.25 bits per heavy atom. The average Bonchev–Trinajstić information content (AvgIpc) is 2.45. The topological polar surface area (TPSA) is 12.0 Å². The summed E-state index contributed by atoms with van der Waals surface area (Å²) in [4.78, 5) is 1.23. The summed E-state index contributed by atoms with van der Waals surface area (Å²) in [6.45, 7) is 4.51. The van der Waals surface area contributed by atoms with Crippen LogP contribution in [0.1, 0.15) is 5.56 Å². The van der Waals surface area contributed by atoms with E-state index in [0.717, 1.165) is 27.5 Å². The van der Waals surface area contributed by atoms with Crippen molar-refractivity contribution in [2.24, 2.45) is 0 Å². The molecule has 2 aromatic rings. The molecule has 0 aliphatic carbocycles. The van der Waals surface area contributed by atoms with Crippen LogP contribution in [0.5, 0.6) is 0 Å². The van der Waals surface area contributed by atoms with Crippen LogP contribution in [0.3, 0.4) is 0 Å². The largest absolute Gasteiger partial charge is 0.380 e. The smallest absolute Gasteiger partial charge is 0.0481 e. The van der Waals surface area contributed by atoms with Crippen molar-refractivity contribution in [3.05, 3.63) is 70.2 Å². The van der Waals surface area contributed by atoms with E-state index in [0.29, 0.717) is 0 Å². The van der Waals surface area contributed by atoms with Crippen LogP contribution in [0.4, 0.5) is 5.69 Å². The standard InChI is InChI=1S/C16H15BrClNS/c1-2-9-20-16-6-4-3-5-15(16)19-11-12-7-8-13(18)10-14(12)17/h2-8,10,19H,1,9,11H2. The molecule has 0 unspecified atom stereocenters. The molecule has 0 aliphatic heterocycles. The molecule has 0 fully saturated rings. The summed E-state index contributed by atoms with van der Waals surface area (Å²) in [7, 11) is 0. The molecule has 0 amide bonds. The number of rotatable bonds is 6. The quantitative estimate of drug-likeness (QED) is 0.496. The van der Waals surface area contributed by atoms with Gasteiger partial charge < -0.3 is 5.32 Å². The number of anilines is 1. The van der Waals surface area contributed by atoms with Gasteiger partial charge in [-0.2, -0.15) is 0 Å². The van der Waals surface area contributed by atoms with E-state index in [1.54, 1.807) is 11.8 Å². The van der Waals surface area contributed by atoms with Gasteiger partial charge in [0, 0.05) is 32.4 Å². The minimum Gasteiger partial charge on any atom is -0.380 e. The molecule has 1 nitrogen and oxygen atoms in total. The SMILES string of the molecule is C=CCSc1ccccc1NCc1ccc(Cl)cc1Br. The minimum absolute atomic E-state index is 0.738. The summed E-state index contributed by atoms with van der Waals surface area (Å²) in [5, 5.41) is 4.21. The predicted molar refractivity (Wildman–Crippen MR) is 93.8 cm³/mol. The first-order chi connectivity index (χ1) is 9.70. The normalized spacial score (nSPS) is 10.3. The van der Waals surface area contributed by atoms with Crippen LogP contribution in [0, 0.1) is 0 Å². The second kappa shape index (κ2) is 7.77. The van der Waals surface area contributed by atoms with E-state index in [1.807, 2.05) is 30.3 Å². The van der Waals surface area contributed by atoms with Crippen molar-refractivity contribution in [1.82, 2.24) is 0 Å². The van der Waals surface area contributed by atoms with Gasteiger partial charge in [0.2, 0.25) is 0 Å². The lowest BCUT2D eigenvalue weighted by Gasteiger charge is -2.12. The maximum absolute atomic E-state index is 5.95. The highest BCUT2D eigenvalue weighted by atomic mass is 79.9. The van der Waals surface area contributed by atoms with Crippen molar-refractivity contribution in [2.45, 2.75) is 11.4 Å². The molecule has 0 aromatic heterocycles. The van der Waals surface area contributed by atoms with E-state index in [9.17, 15) is 0 Å². The van der Waals surface area contributed by atoms with E-state index in [4.69, 9.17) is 11.6 Å². The molecule has 0 saturated carbocycles. The van der Waals surface area contributed by atoms with Crippen LogP contribution in [-0.4, -0.2) is 5.75 Å². The van der Waals surface area contributed by atoms with Gasteiger partial charge in [-0.3, -0.25) is 0 Å². The van der Waals surface area contributed by atoms with Gasteiger partial charge in [-0.25, -0.2) is 0 Å². The molecule has 20 heavy (non-hydrogen) atoms. The van der Waals surface area contributed by atoms with E-state index in [-0.39, 0.29) is 0 Å². The average molecular weight is 369 g/mol. The molecule has 0 saturated heterocycles. The number of benzene rings is 2. The number of thioether (sulfide) groups is 1. The Morgan fingerprint density at radius 3 is 2.80 bits per heavy atom. The fourth-order valence-electron chi connectivity index (χ4n) is 1.74. The van der Waals surface area contributed by atoms with Crippen molar-refractivity contribution in [2.75, 3.05) is 11.1 Å². The molecule has 2 aromatic carbocycles. The summed E-state index contributed by atoms with van der Waals surface area (Å²) in [5.74, 6) is 0.906. The van der Waals surface area contributed by atoms with Crippen molar-refractivity contribution in [3.8, 4) is 0 Å². The summed E-state index contributed by atoms with van der Waals surface area (Å²) in [6, 6.07) is 14.1. The monoisotopic (exact) mass is 367 g/mol. The number of para-hydroxylation sites is 1. The lowest BCUT2D eigenvalue weighted by Crippen LogP contribution is -2.01. The Bertz CT molecular complexity index is 601. The van der Waals surface area contributed by atoms with E-state index in [1.165, 1.54) is 10.5 Å². The molecule has 104 valence electrons. The lowest BCUT2D eigenvalue weighted by molar-refractivity contribution is 1.12. The Hall–Kier alpha value is -0.900. The van der Waals surface area contributed by atoms with Gasteiger partial charge >= 0.3 is 0 Å². The fraction of sp³-hybridized carbons (Fsp3) is 0.125. The number of hydrogen-bond donors (Lipinski definition) is 1. The molecule has 0 aliphatic rings. The van der Waals surface area contributed by atoms with Gasteiger partial charge in [0.05, 0.1) is 0 Å². The highest BCUT2D eigenvalue weighted by Crippen LogP contribution is 2.28. The zero-order chi connectivity index (χ0) is 14.4. The van der Waals surface area contributed by atoms with Crippen LogP contribution in [0.15, 0.2) is 64.5 Å². The third-order valence-corrected chi connectivity index (χ3v) is 4.77. The van der Waals surface area contributed by atoms with Gasteiger partial charge in [-0.15, -0.1) is 18.3 Å². The van der Waals surface area contributed by atoms with Crippen LogP contribution in [-0.2, 0) is 6.54 Å². The summed E-state index contributed by atoms with van der Waals surface area (Å²) in [6.07, 6.45) is 1.91. The molecule has 2 rings (SSSR count). The van der Waals surface area contributed by atoms with E-state index < -0.39 is 0 Å². The van der Waals surface area contributed by atoms with Gasteiger partial charge in [0.25, 0.3) is 0 Å². The molecule has 0 bridgehead atoms. The third-order valence-electron chi connectivity index (χ3n) is 2.73. The Morgan fingerprint density at radius 2 is 2.05 bits per heavy atom. The first kappa shape index (κ1) is 15.5. The summed E-state index contributed by atoms with van der Waals surface area (Å²) >= 11 is 11.3. The number of halogens is 2. The Balaban J connectivity index is 2.08. The van der Waals surface area contributed by atoms with E-state index in [2.05, 4.69) is 46.0 Å². The molecule has 0 heterocycles. The maximum Gasteiger partial charge on any atom is 0.0481 e. The van der Waals surface area contributed by atoms with E-state index >= 15 is 0 Å². The summed E-state index contributed by atoms with van der Waals surface area (Å²) < 4.78 is 1.02. The van der Waals surface area contributed by atoms with Crippen molar-refractivity contribution < 1.29 is 0 Å². The second-order valence-corrected chi connectivity index (χ2v) is 6.54. The highest BCUT2D eigenvalue weighted by Gasteiger charge is 2.04. The number of nitrogens with one attached hydrogen (secondary N) is 1. The van der Waals surface area contributed by atoms with Crippen LogP contribution in [0.25, 0.3) is 0 Å². The van der Waals surface area contributed by atoms with Crippen molar-refractivity contribution >= 4 is 45.0 Å². The predicted octanol–water partition coefficient (Wildman–Crippen LogP) is 5.99. The van der Waals surface area contributed by atoms with Crippen molar-refractivity contribution in [1.29, 1.82) is 0 Å². The fourth-order valence-corrected chi connectivity index (χ4v) is 3.33. The first-order valence-electron chi connectivity index (χ1n) is 6.21. The van der Waals surface area contributed by atoms with Crippen LogP contribution >= 0.6 is 39.3 Å². The third kappa shape index (κ3) is 4.30. The Kier molecular flexibility index (Phi) is 6.02. The second-order valence-electron chi connectivity index (χ2n) is 4.19. The molecule has 1 N–H and O–H groups in total. The highest BCUT2D eigenvalue weighted by molar-refractivity contribution is 9.10. The molecule has 0 atom stereocenters. The van der Waals surface area contributed by atoms with Gasteiger partial charge in [-0.05, 0) is 29.8 Å². The Labute approximate surface area is 137 Å². The lowest BCUT2D eigenvalue weighted by atomic mass is 10.2. The van der Waals surface area contributed by atoms with Gasteiger partial charge in [-0.1, -0.05) is 51.8 Å². The zero-order valence-electron chi connectivity index (χ0n) is 10.9. The van der Waals surface area contributed by atoms with Crippen LogP contribution < -0.4 is 5.32 Å². The van der Waals surface area contributed by atoms with Crippen molar-refractivity contribution in [3.63, 3.8) is 0 Å². The molecule has 0 spiro atoms. The van der Waals surface area contributed by atoms with Gasteiger partial charge in [0.15, 0.2) is 0 Å². The minimum atomic E-state index is 0.738. The molecular formula is C16H15BrClNS. The first-order valence-corrected chi connectivity index (χ1v) is 8.37. The molecular weight excluding hydrogens is 354 g/mol. The molecule has 0 radical (unpaired) electrons.